The van der Waals surface area contributed by atoms with Gasteiger partial charge in [0.05, 0.1) is 18.3 Å². The number of hydrogen-bond donors (Lipinski definition) is 2. The number of benzene rings is 1. The number of piperidine rings is 2. The molecule has 9 heteroatoms. The van der Waals surface area contributed by atoms with Crippen LogP contribution in [-0.2, 0) is 10.2 Å². The third-order valence-corrected chi connectivity index (χ3v) is 9.65. The Bertz CT molecular complexity index is 1290. The monoisotopic (exact) mass is 587 g/mol. The van der Waals surface area contributed by atoms with E-state index in [0.29, 0.717) is 11.6 Å². The van der Waals surface area contributed by atoms with Gasteiger partial charge in [-0.15, -0.1) is 0 Å². The molecule has 1 amide bonds. The van der Waals surface area contributed by atoms with Crippen LogP contribution in [0.15, 0.2) is 30.5 Å². The first kappa shape index (κ1) is 31.1. The molecule has 2 atom stereocenters. The second-order valence-electron chi connectivity index (χ2n) is 13.8. The zero-order valence-electron chi connectivity index (χ0n) is 26.7. The average Bonchev–Trinajstić information content (AvgIpc) is 3.52. The van der Waals surface area contributed by atoms with Crippen LogP contribution >= 0.6 is 0 Å². The predicted molar refractivity (Wildman–Crippen MR) is 171 cm³/mol. The van der Waals surface area contributed by atoms with Crippen molar-refractivity contribution in [2.45, 2.75) is 122 Å². The molecular formula is C34H49N7O2. The van der Waals surface area contributed by atoms with Gasteiger partial charge in [0, 0.05) is 18.3 Å². The molecule has 232 valence electrons. The van der Waals surface area contributed by atoms with Gasteiger partial charge in [-0.1, -0.05) is 38.8 Å². The fourth-order valence-electron chi connectivity index (χ4n) is 7.19. The zero-order valence-corrected chi connectivity index (χ0v) is 26.7. The van der Waals surface area contributed by atoms with Gasteiger partial charge < -0.3 is 25.2 Å². The van der Waals surface area contributed by atoms with E-state index in [1.54, 1.807) is 6.20 Å². The Morgan fingerprint density at radius 1 is 1.09 bits per heavy atom. The number of alkyl carbamates (subject to hydrolysis) is 1. The van der Waals surface area contributed by atoms with Gasteiger partial charge in [0.1, 0.15) is 17.5 Å². The van der Waals surface area contributed by atoms with Crippen LogP contribution in [0.3, 0.4) is 0 Å². The Kier molecular flexibility index (Phi) is 9.45. The van der Waals surface area contributed by atoms with E-state index in [4.69, 9.17) is 9.72 Å². The standard InChI is InChI=1S/C34H49N7O2/c1-6-29-27(38-32(42)43-33(2,3)4)12-9-19-41(29)30-23-36-28(22-35)31(39-30)37-25-15-13-24(14-16-25)34(5)17-20-40(21-18-34)26-10-7-8-11-26/h13-16,23,26-27,29H,6-12,17-21H2,1-5H3,(H,37,39)(H,38,42)/t27-,29-/m1/s1. The Morgan fingerprint density at radius 3 is 2.42 bits per heavy atom. The minimum absolute atomic E-state index is 0.0384. The first-order valence-corrected chi connectivity index (χ1v) is 16.2. The van der Waals surface area contributed by atoms with Crippen LogP contribution in [0.5, 0.6) is 0 Å². The molecule has 1 saturated carbocycles. The number of ether oxygens (including phenoxy) is 1. The van der Waals surface area contributed by atoms with Crippen LogP contribution < -0.4 is 15.5 Å². The van der Waals surface area contributed by atoms with Gasteiger partial charge in [-0.25, -0.2) is 14.8 Å². The molecule has 3 fully saturated rings. The summed E-state index contributed by atoms with van der Waals surface area (Å²) in [6, 6.07) is 11.6. The van der Waals surface area contributed by atoms with Crippen molar-refractivity contribution >= 4 is 23.4 Å². The fourth-order valence-corrected chi connectivity index (χ4v) is 7.19. The minimum atomic E-state index is -0.554. The fraction of sp³-hybridized carbons (Fsp3) is 0.647. The van der Waals surface area contributed by atoms with Gasteiger partial charge in [0.15, 0.2) is 11.5 Å². The number of nitrogens with zero attached hydrogens (tertiary/aromatic N) is 5. The van der Waals surface area contributed by atoms with E-state index in [1.807, 2.05) is 20.8 Å². The molecule has 2 aliphatic heterocycles. The number of likely N-dealkylation sites (tertiary alicyclic amines) is 1. The largest absolute Gasteiger partial charge is 0.444 e. The van der Waals surface area contributed by atoms with Gasteiger partial charge in [-0.05, 0) is 102 Å². The Hall–Kier alpha value is -3.38. The third kappa shape index (κ3) is 7.41. The van der Waals surface area contributed by atoms with E-state index in [9.17, 15) is 10.1 Å². The predicted octanol–water partition coefficient (Wildman–Crippen LogP) is 6.66. The Balaban J connectivity index is 1.27. The topological polar surface area (TPSA) is 106 Å². The first-order valence-electron chi connectivity index (χ1n) is 16.2. The second kappa shape index (κ2) is 13.1. The summed E-state index contributed by atoms with van der Waals surface area (Å²) in [4.78, 5) is 26.8. The minimum Gasteiger partial charge on any atom is -0.444 e. The lowest BCUT2D eigenvalue weighted by Gasteiger charge is -2.42. The number of nitriles is 1. The SMILES string of the molecule is CC[C@@H]1[C@H](NC(=O)OC(C)(C)C)CCCN1c1cnc(C#N)c(Nc2ccc(C3(C)CCN(C4CCCC4)CC3)cc2)n1. The molecular weight excluding hydrogens is 538 g/mol. The van der Waals surface area contributed by atoms with Crippen LogP contribution in [0, 0.1) is 11.3 Å². The summed E-state index contributed by atoms with van der Waals surface area (Å²) in [7, 11) is 0. The first-order chi connectivity index (χ1) is 20.6. The number of carbonyl (C=O) groups is 1. The number of anilines is 3. The highest BCUT2D eigenvalue weighted by Crippen LogP contribution is 2.38. The molecule has 0 radical (unpaired) electrons. The number of carbonyl (C=O) groups excluding carboxylic acids is 1. The maximum atomic E-state index is 12.6. The lowest BCUT2D eigenvalue weighted by Crippen LogP contribution is -2.56. The van der Waals surface area contributed by atoms with E-state index in [1.165, 1.54) is 57.2 Å². The highest BCUT2D eigenvalue weighted by Gasteiger charge is 2.35. The van der Waals surface area contributed by atoms with E-state index in [-0.39, 0.29) is 23.2 Å². The molecule has 9 nitrogen and oxygen atoms in total. The molecule has 3 aliphatic rings. The molecule has 0 spiro atoms. The molecule has 0 unspecified atom stereocenters. The van der Waals surface area contributed by atoms with Gasteiger partial charge in [0.25, 0.3) is 0 Å². The van der Waals surface area contributed by atoms with Gasteiger partial charge in [0.2, 0.25) is 0 Å². The van der Waals surface area contributed by atoms with Crippen molar-refractivity contribution in [1.82, 2.24) is 20.2 Å². The van der Waals surface area contributed by atoms with Crippen LogP contribution in [-0.4, -0.2) is 64.3 Å². The summed E-state index contributed by atoms with van der Waals surface area (Å²) >= 11 is 0. The van der Waals surface area contributed by atoms with Crippen molar-refractivity contribution in [2.24, 2.45) is 0 Å². The van der Waals surface area contributed by atoms with Crippen molar-refractivity contribution in [2.75, 3.05) is 29.9 Å². The third-order valence-electron chi connectivity index (χ3n) is 9.65. The molecule has 2 saturated heterocycles. The molecule has 3 heterocycles. The number of aromatic nitrogens is 2. The van der Waals surface area contributed by atoms with Crippen molar-refractivity contribution in [1.29, 1.82) is 5.26 Å². The van der Waals surface area contributed by atoms with E-state index >= 15 is 0 Å². The van der Waals surface area contributed by atoms with Crippen molar-refractivity contribution in [3.05, 3.63) is 41.7 Å². The normalized spacial score (nSPS) is 23.0. The molecule has 1 aromatic carbocycles. The lowest BCUT2D eigenvalue weighted by atomic mass is 9.74. The van der Waals surface area contributed by atoms with Crippen LogP contribution in [0.1, 0.15) is 104 Å². The number of nitrogens with one attached hydrogen (secondary N) is 2. The van der Waals surface area contributed by atoms with Gasteiger partial charge in [-0.3, -0.25) is 0 Å². The van der Waals surface area contributed by atoms with E-state index in [2.05, 4.69) is 69.6 Å². The summed E-state index contributed by atoms with van der Waals surface area (Å²) < 4.78 is 5.52. The molecule has 43 heavy (non-hydrogen) atoms. The summed E-state index contributed by atoms with van der Waals surface area (Å²) in [5, 5.41) is 16.3. The number of rotatable bonds is 7. The van der Waals surface area contributed by atoms with Crippen LogP contribution in [0.25, 0.3) is 0 Å². The summed E-state index contributed by atoms with van der Waals surface area (Å²) in [5.74, 6) is 1.14. The molecule has 1 aromatic heterocycles. The maximum Gasteiger partial charge on any atom is 0.407 e. The lowest BCUT2D eigenvalue weighted by molar-refractivity contribution is 0.0487. The molecule has 2 N–H and O–H groups in total. The van der Waals surface area contributed by atoms with E-state index in [0.717, 1.165) is 37.5 Å². The number of amides is 1. The highest BCUT2D eigenvalue weighted by molar-refractivity contribution is 5.68. The summed E-state index contributed by atoms with van der Waals surface area (Å²) in [6.07, 6.45) is 11.7. The summed E-state index contributed by atoms with van der Waals surface area (Å²) in [6.45, 7) is 13.3. The van der Waals surface area contributed by atoms with Crippen LogP contribution in [0.2, 0.25) is 0 Å². The number of hydrogen-bond acceptors (Lipinski definition) is 8. The molecule has 2 aromatic rings. The van der Waals surface area contributed by atoms with Crippen molar-refractivity contribution < 1.29 is 9.53 Å². The Labute approximate surface area is 257 Å². The van der Waals surface area contributed by atoms with Gasteiger partial charge in [-0.2, -0.15) is 5.26 Å². The quantitative estimate of drug-likeness (QED) is 0.370. The van der Waals surface area contributed by atoms with Gasteiger partial charge >= 0.3 is 6.09 Å². The molecule has 0 bridgehead atoms. The van der Waals surface area contributed by atoms with Crippen molar-refractivity contribution in [3.8, 4) is 6.07 Å². The Morgan fingerprint density at radius 2 is 1.79 bits per heavy atom. The maximum absolute atomic E-state index is 12.6. The summed E-state index contributed by atoms with van der Waals surface area (Å²) in [5.41, 5.74) is 2.13. The van der Waals surface area contributed by atoms with E-state index < -0.39 is 11.7 Å². The van der Waals surface area contributed by atoms with Crippen LogP contribution in [0.4, 0.5) is 22.1 Å². The average molecular weight is 588 g/mol. The zero-order chi connectivity index (χ0) is 30.6. The molecule has 1 aliphatic carbocycles. The second-order valence-corrected chi connectivity index (χ2v) is 13.8. The highest BCUT2D eigenvalue weighted by atomic mass is 16.6. The smallest absolute Gasteiger partial charge is 0.407 e. The molecule has 5 rings (SSSR count). The van der Waals surface area contributed by atoms with Crippen molar-refractivity contribution in [3.63, 3.8) is 0 Å².